The lowest BCUT2D eigenvalue weighted by molar-refractivity contribution is 1.15. The van der Waals surface area contributed by atoms with E-state index in [0.717, 1.165) is 22.2 Å². The predicted octanol–water partition coefficient (Wildman–Crippen LogP) is 5.15. The molecule has 0 amide bonds. The van der Waals surface area contributed by atoms with Gasteiger partial charge in [-0.25, -0.2) is 0 Å². The van der Waals surface area contributed by atoms with Gasteiger partial charge >= 0.3 is 0 Å². The number of nitrogens with one attached hydrogen (secondary N) is 1. The third-order valence-corrected chi connectivity index (χ3v) is 3.70. The highest BCUT2D eigenvalue weighted by atomic mass is 35.5. The first kappa shape index (κ1) is 13.2. The summed E-state index contributed by atoms with van der Waals surface area (Å²) in [6.07, 6.45) is 1.79. The summed E-state index contributed by atoms with van der Waals surface area (Å²) < 4.78 is 0. The van der Waals surface area contributed by atoms with Gasteiger partial charge in [-0.15, -0.1) is 0 Å². The number of anilines is 1. The van der Waals surface area contributed by atoms with E-state index in [1.165, 1.54) is 0 Å². The van der Waals surface area contributed by atoms with E-state index in [9.17, 15) is 0 Å². The van der Waals surface area contributed by atoms with Crippen molar-refractivity contribution < 1.29 is 0 Å². The van der Waals surface area contributed by atoms with Crippen molar-refractivity contribution >= 4 is 39.8 Å². The van der Waals surface area contributed by atoms with Crippen molar-refractivity contribution in [3.63, 3.8) is 0 Å². The molecule has 1 aromatic heterocycles. The first-order chi connectivity index (χ1) is 9.74. The van der Waals surface area contributed by atoms with Gasteiger partial charge in [-0.3, -0.25) is 4.98 Å². The fraction of sp³-hybridized carbons (Fsp3) is 0.0625. The summed E-state index contributed by atoms with van der Waals surface area (Å²) in [5, 5.41) is 5.79. The van der Waals surface area contributed by atoms with Crippen molar-refractivity contribution in [2.45, 2.75) is 6.54 Å². The molecule has 2 aromatic carbocycles. The molecule has 100 valence electrons. The number of rotatable bonds is 3. The summed E-state index contributed by atoms with van der Waals surface area (Å²) in [5.41, 5.74) is 2.96. The predicted molar refractivity (Wildman–Crippen MR) is 85.5 cm³/mol. The average molecular weight is 303 g/mol. The molecular weight excluding hydrogens is 291 g/mol. The Morgan fingerprint density at radius 1 is 1.00 bits per heavy atom. The third kappa shape index (κ3) is 2.72. The minimum Gasteiger partial charge on any atom is -0.379 e. The molecule has 0 spiro atoms. The second kappa shape index (κ2) is 5.70. The maximum atomic E-state index is 6.17. The van der Waals surface area contributed by atoms with Crippen LogP contribution in [0.15, 0.2) is 54.7 Å². The van der Waals surface area contributed by atoms with Crippen LogP contribution in [0.3, 0.4) is 0 Å². The van der Waals surface area contributed by atoms with Crippen LogP contribution < -0.4 is 5.32 Å². The Labute approximate surface area is 127 Å². The monoisotopic (exact) mass is 302 g/mol. The molecule has 0 aliphatic heterocycles. The molecule has 3 rings (SSSR count). The highest BCUT2D eigenvalue weighted by molar-refractivity contribution is 6.35. The largest absolute Gasteiger partial charge is 0.379 e. The van der Waals surface area contributed by atoms with Gasteiger partial charge in [0.2, 0.25) is 0 Å². The minimum atomic E-state index is 0.631. The maximum Gasteiger partial charge on any atom is 0.0933 e. The van der Waals surface area contributed by atoms with Gasteiger partial charge in [0.25, 0.3) is 0 Å². The Morgan fingerprint density at radius 3 is 2.70 bits per heavy atom. The zero-order chi connectivity index (χ0) is 13.9. The van der Waals surface area contributed by atoms with E-state index in [4.69, 9.17) is 23.2 Å². The number of para-hydroxylation sites is 1. The molecule has 20 heavy (non-hydrogen) atoms. The number of halogens is 2. The van der Waals surface area contributed by atoms with Crippen LogP contribution in [0, 0.1) is 0 Å². The molecule has 3 aromatic rings. The highest BCUT2D eigenvalue weighted by Gasteiger charge is 2.04. The lowest BCUT2D eigenvalue weighted by atomic mass is 10.1. The zero-order valence-electron chi connectivity index (χ0n) is 10.6. The second-order valence-electron chi connectivity index (χ2n) is 4.47. The molecule has 0 unspecified atom stereocenters. The zero-order valence-corrected chi connectivity index (χ0v) is 12.1. The summed E-state index contributed by atoms with van der Waals surface area (Å²) in [6, 6.07) is 15.6. The normalized spacial score (nSPS) is 10.7. The molecule has 1 heterocycles. The van der Waals surface area contributed by atoms with Crippen LogP contribution in [-0.2, 0) is 6.54 Å². The van der Waals surface area contributed by atoms with Crippen LogP contribution in [0.4, 0.5) is 5.69 Å². The first-order valence-corrected chi connectivity index (χ1v) is 7.01. The molecule has 2 nitrogen and oxygen atoms in total. The van der Waals surface area contributed by atoms with Crippen molar-refractivity contribution in [2.24, 2.45) is 0 Å². The number of nitrogens with zero attached hydrogens (tertiary/aromatic N) is 1. The summed E-state index contributed by atoms with van der Waals surface area (Å²) >= 11 is 12.1. The van der Waals surface area contributed by atoms with Crippen molar-refractivity contribution in [1.29, 1.82) is 0 Å². The van der Waals surface area contributed by atoms with Crippen molar-refractivity contribution in [3.8, 4) is 0 Å². The maximum absolute atomic E-state index is 6.17. The average Bonchev–Trinajstić information content (AvgIpc) is 2.46. The van der Waals surface area contributed by atoms with Crippen LogP contribution in [0.1, 0.15) is 5.56 Å². The lowest BCUT2D eigenvalue weighted by Crippen LogP contribution is -2.01. The van der Waals surface area contributed by atoms with Gasteiger partial charge < -0.3 is 5.32 Å². The number of hydrogen-bond donors (Lipinski definition) is 1. The van der Waals surface area contributed by atoms with Crippen LogP contribution in [0.25, 0.3) is 10.9 Å². The molecule has 0 saturated heterocycles. The number of aromatic nitrogens is 1. The standard InChI is InChI=1S/C16H12Cl2N2/c17-13-7-6-12(14(18)9-13)10-20-15-5-1-3-11-4-2-8-19-16(11)15/h1-9,20H,10H2. The van der Waals surface area contributed by atoms with Gasteiger partial charge in [0.05, 0.1) is 11.2 Å². The smallest absolute Gasteiger partial charge is 0.0933 e. The Morgan fingerprint density at radius 2 is 1.85 bits per heavy atom. The number of benzene rings is 2. The van der Waals surface area contributed by atoms with E-state index in [2.05, 4.69) is 10.3 Å². The van der Waals surface area contributed by atoms with Crippen LogP contribution in [-0.4, -0.2) is 4.98 Å². The van der Waals surface area contributed by atoms with Gasteiger partial charge in [-0.2, -0.15) is 0 Å². The van der Waals surface area contributed by atoms with E-state index in [1.54, 1.807) is 12.3 Å². The van der Waals surface area contributed by atoms with Crippen LogP contribution in [0.2, 0.25) is 10.0 Å². The van der Waals surface area contributed by atoms with Crippen molar-refractivity contribution in [2.75, 3.05) is 5.32 Å². The molecule has 0 radical (unpaired) electrons. The molecular formula is C16H12Cl2N2. The molecule has 0 bridgehead atoms. The van der Waals surface area contributed by atoms with Crippen molar-refractivity contribution in [3.05, 3.63) is 70.3 Å². The molecule has 0 fully saturated rings. The summed E-state index contributed by atoms with van der Waals surface area (Å²) in [6.45, 7) is 0.631. The van der Waals surface area contributed by atoms with Crippen LogP contribution in [0.5, 0.6) is 0 Å². The van der Waals surface area contributed by atoms with Crippen LogP contribution >= 0.6 is 23.2 Å². The first-order valence-electron chi connectivity index (χ1n) is 6.25. The molecule has 0 aliphatic carbocycles. The van der Waals surface area contributed by atoms with E-state index < -0.39 is 0 Å². The highest BCUT2D eigenvalue weighted by Crippen LogP contribution is 2.24. The van der Waals surface area contributed by atoms with Gasteiger partial charge in [0, 0.05) is 28.2 Å². The second-order valence-corrected chi connectivity index (χ2v) is 5.31. The Balaban J connectivity index is 1.87. The number of pyridine rings is 1. The number of hydrogen-bond acceptors (Lipinski definition) is 2. The number of fused-ring (bicyclic) bond motifs is 1. The van der Waals surface area contributed by atoms with E-state index in [-0.39, 0.29) is 0 Å². The van der Waals surface area contributed by atoms with E-state index in [1.807, 2.05) is 42.5 Å². The van der Waals surface area contributed by atoms with Gasteiger partial charge in [-0.1, -0.05) is 47.5 Å². The summed E-state index contributed by atoms with van der Waals surface area (Å²) in [5.74, 6) is 0. The molecule has 0 aliphatic rings. The molecule has 0 atom stereocenters. The minimum absolute atomic E-state index is 0.631. The molecule has 4 heteroatoms. The van der Waals surface area contributed by atoms with Crippen molar-refractivity contribution in [1.82, 2.24) is 4.98 Å². The summed E-state index contributed by atoms with van der Waals surface area (Å²) in [4.78, 5) is 4.41. The quantitative estimate of drug-likeness (QED) is 0.723. The van der Waals surface area contributed by atoms with Gasteiger partial charge in [0.1, 0.15) is 0 Å². The van der Waals surface area contributed by atoms with Gasteiger partial charge in [-0.05, 0) is 29.8 Å². The van der Waals surface area contributed by atoms with Gasteiger partial charge in [0.15, 0.2) is 0 Å². The molecule has 1 N–H and O–H groups in total. The Kier molecular flexibility index (Phi) is 3.77. The Bertz CT molecular complexity index is 751. The lowest BCUT2D eigenvalue weighted by Gasteiger charge is -2.10. The molecule has 0 saturated carbocycles. The van der Waals surface area contributed by atoms with E-state index >= 15 is 0 Å². The fourth-order valence-electron chi connectivity index (χ4n) is 2.10. The topological polar surface area (TPSA) is 24.9 Å². The fourth-order valence-corrected chi connectivity index (χ4v) is 2.58. The SMILES string of the molecule is Clc1ccc(CNc2cccc3cccnc23)c(Cl)c1. The summed E-state index contributed by atoms with van der Waals surface area (Å²) in [7, 11) is 0. The third-order valence-electron chi connectivity index (χ3n) is 3.12. The Hall–Kier alpha value is -1.77. The van der Waals surface area contributed by atoms with E-state index in [0.29, 0.717) is 16.6 Å².